The molecular formula is C16H21N3OS. The van der Waals surface area contributed by atoms with Gasteiger partial charge in [-0.2, -0.15) is 0 Å². The molecule has 1 aromatic carbocycles. The van der Waals surface area contributed by atoms with Crippen LogP contribution in [0.4, 0.5) is 0 Å². The van der Waals surface area contributed by atoms with Crippen LogP contribution in [0, 0.1) is 0 Å². The summed E-state index contributed by atoms with van der Waals surface area (Å²) in [6, 6.07) is 7.85. The maximum atomic E-state index is 6.00. The Morgan fingerprint density at radius 3 is 2.67 bits per heavy atom. The number of thiocarbonyl (C=S) groups is 1. The van der Waals surface area contributed by atoms with Gasteiger partial charge in [-0.25, -0.2) is 0 Å². The molecule has 0 aliphatic heterocycles. The first-order chi connectivity index (χ1) is 10.2. The van der Waals surface area contributed by atoms with Gasteiger partial charge in [-0.1, -0.05) is 38.2 Å². The molecule has 0 amide bonds. The number of para-hydroxylation sites is 1. The van der Waals surface area contributed by atoms with Gasteiger partial charge >= 0.3 is 0 Å². The predicted octanol–water partition coefficient (Wildman–Crippen LogP) is 2.59. The monoisotopic (exact) mass is 303 g/mol. The van der Waals surface area contributed by atoms with Gasteiger partial charge in [0.25, 0.3) is 0 Å². The Morgan fingerprint density at radius 2 is 2.00 bits per heavy atom. The van der Waals surface area contributed by atoms with Gasteiger partial charge in [-0.15, -0.1) is 0 Å². The van der Waals surface area contributed by atoms with E-state index in [1.54, 1.807) is 6.20 Å². The summed E-state index contributed by atoms with van der Waals surface area (Å²) in [5.41, 5.74) is 7.37. The minimum atomic E-state index is 0.311. The van der Waals surface area contributed by atoms with Crippen molar-refractivity contribution >= 4 is 28.1 Å². The van der Waals surface area contributed by atoms with Crippen molar-refractivity contribution in [1.29, 1.82) is 0 Å². The lowest BCUT2D eigenvalue weighted by Crippen LogP contribution is -2.28. The van der Waals surface area contributed by atoms with E-state index in [1.807, 2.05) is 24.3 Å². The van der Waals surface area contributed by atoms with E-state index in [0.717, 1.165) is 36.3 Å². The van der Waals surface area contributed by atoms with Crippen molar-refractivity contribution in [2.75, 3.05) is 26.2 Å². The molecule has 0 unspecified atom stereocenters. The Bertz CT molecular complexity index is 626. The number of nitrogens with two attached hydrogens (primary N) is 1. The molecule has 0 fully saturated rings. The highest BCUT2D eigenvalue weighted by Crippen LogP contribution is 2.28. The van der Waals surface area contributed by atoms with E-state index in [2.05, 4.69) is 23.7 Å². The van der Waals surface area contributed by atoms with Gasteiger partial charge in [-0.3, -0.25) is 4.98 Å². The van der Waals surface area contributed by atoms with Gasteiger partial charge in [0, 0.05) is 18.1 Å². The molecule has 0 atom stereocenters. The Morgan fingerprint density at radius 1 is 1.29 bits per heavy atom. The fraction of sp³-hybridized carbons (Fsp3) is 0.375. The summed E-state index contributed by atoms with van der Waals surface area (Å²) < 4.78 is 6.00. The van der Waals surface area contributed by atoms with E-state index in [9.17, 15) is 0 Å². The molecule has 2 N–H and O–H groups in total. The third kappa shape index (κ3) is 3.68. The summed E-state index contributed by atoms with van der Waals surface area (Å²) in [6.07, 6.45) is 1.69. The van der Waals surface area contributed by atoms with Gasteiger partial charge < -0.3 is 15.4 Å². The average Bonchev–Trinajstić information content (AvgIpc) is 2.51. The van der Waals surface area contributed by atoms with Crippen LogP contribution in [0.15, 0.2) is 30.5 Å². The molecule has 112 valence electrons. The third-order valence-corrected chi connectivity index (χ3v) is 3.76. The lowest BCUT2D eigenvalue weighted by molar-refractivity contribution is 0.224. The maximum Gasteiger partial charge on any atom is 0.140 e. The van der Waals surface area contributed by atoms with Crippen LogP contribution in [0.1, 0.15) is 19.4 Å². The normalized spacial score (nSPS) is 11.0. The zero-order valence-electron chi connectivity index (χ0n) is 12.5. The second-order valence-corrected chi connectivity index (χ2v) is 5.20. The number of ether oxygens (including phenoxy) is 1. The van der Waals surface area contributed by atoms with Crippen LogP contribution in [0.25, 0.3) is 10.9 Å². The Kier molecular flexibility index (Phi) is 5.47. The van der Waals surface area contributed by atoms with Gasteiger partial charge in [0.05, 0.1) is 11.1 Å². The Balaban J connectivity index is 2.27. The first-order valence-electron chi connectivity index (χ1n) is 7.20. The lowest BCUT2D eigenvalue weighted by Gasteiger charge is -2.19. The standard InChI is InChI=1S/C16H21N3OS/c1-3-19(4-2)9-10-20-15-12-7-5-6-8-14(12)18-11-13(15)16(17)21/h5-8,11H,3-4,9-10H2,1-2H3,(H2,17,21). The number of rotatable bonds is 7. The number of fused-ring (bicyclic) bond motifs is 1. The van der Waals surface area contributed by atoms with Crippen molar-refractivity contribution in [3.63, 3.8) is 0 Å². The van der Waals surface area contributed by atoms with Gasteiger partial charge in [-0.05, 0) is 25.2 Å². The summed E-state index contributed by atoms with van der Waals surface area (Å²) in [7, 11) is 0. The third-order valence-electron chi connectivity index (χ3n) is 3.54. The quantitative estimate of drug-likeness (QED) is 0.797. The molecule has 0 aliphatic rings. The Labute approximate surface area is 130 Å². The number of pyridine rings is 1. The van der Waals surface area contributed by atoms with Crippen molar-refractivity contribution in [3.8, 4) is 5.75 Å². The largest absolute Gasteiger partial charge is 0.491 e. The van der Waals surface area contributed by atoms with Gasteiger partial charge in [0.1, 0.15) is 17.3 Å². The molecule has 4 nitrogen and oxygen atoms in total. The molecule has 1 heterocycles. The SMILES string of the molecule is CCN(CC)CCOc1c(C(N)=S)cnc2ccccc12. The van der Waals surface area contributed by atoms with Crippen molar-refractivity contribution in [3.05, 3.63) is 36.0 Å². The number of likely N-dealkylation sites (N-methyl/N-ethyl adjacent to an activating group) is 1. The fourth-order valence-electron chi connectivity index (χ4n) is 2.26. The van der Waals surface area contributed by atoms with Gasteiger partial charge in [0.2, 0.25) is 0 Å². The molecule has 5 heteroatoms. The molecule has 0 aliphatic carbocycles. The number of hydrogen-bond acceptors (Lipinski definition) is 4. The van der Waals surface area contributed by atoms with Gasteiger partial charge in [0.15, 0.2) is 0 Å². The molecular weight excluding hydrogens is 282 g/mol. The molecule has 0 spiro atoms. The van der Waals surface area contributed by atoms with E-state index < -0.39 is 0 Å². The number of hydrogen-bond donors (Lipinski definition) is 1. The number of nitrogens with zero attached hydrogens (tertiary/aromatic N) is 2. The molecule has 0 saturated carbocycles. The van der Waals surface area contributed by atoms with Crippen LogP contribution in [0.3, 0.4) is 0 Å². The molecule has 21 heavy (non-hydrogen) atoms. The summed E-state index contributed by atoms with van der Waals surface area (Å²) in [5.74, 6) is 0.736. The van der Waals surface area contributed by atoms with Crippen LogP contribution >= 0.6 is 12.2 Å². The molecule has 0 radical (unpaired) electrons. The van der Waals surface area contributed by atoms with Crippen LogP contribution in [0.5, 0.6) is 5.75 Å². The lowest BCUT2D eigenvalue weighted by atomic mass is 10.1. The van der Waals surface area contributed by atoms with Crippen LogP contribution in [0.2, 0.25) is 0 Å². The van der Waals surface area contributed by atoms with E-state index in [0.29, 0.717) is 17.2 Å². The molecule has 0 bridgehead atoms. The Hall–Kier alpha value is -1.72. The topological polar surface area (TPSA) is 51.4 Å². The van der Waals surface area contributed by atoms with Crippen molar-refractivity contribution in [2.45, 2.75) is 13.8 Å². The first-order valence-corrected chi connectivity index (χ1v) is 7.60. The highest BCUT2D eigenvalue weighted by atomic mass is 32.1. The molecule has 2 aromatic rings. The summed E-state index contributed by atoms with van der Waals surface area (Å²) in [4.78, 5) is 7.00. The fourth-order valence-corrected chi connectivity index (χ4v) is 2.41. The zero-order chi connectivity index (χ0) is 15.2. The number of benzene rings is 1. The van der Waals surface area contributed by atoms with E-state index in [4.69, 9.17) is 22.7 Å². The smallest absolute Gasteiger partial charge is 0.140 e. The van der Waals surface area contributed by atoms with Crippen LogP contribution in [-0.2, 0) is 0 Å². The molecule has 1 aromatic heterocycles. The van der Waals surface area contributed by atoms with Crippen LogP contribution < -0.4 is 10.5 Å². The highest BCUT2D eigenvalue weighted by molar-refractivity contribution is 7.80. The zero-order valence-corrected chi connectivity index (χ0v) is 13.3. The second kappa shape index (κ2) is 7.33. The molecule has 2 rings (SSSR count). The highest BCUT2D eigenvalue weighted by Gasteiger charge is 2.12. The maximum absolute atomic E-state index is 6.00. The average molecular weight is 303 g/mol. The van der Waals surface area contributed by atoms with E-state index >= 15 is 0 Å². The minimum Gasteiger partial charge on any atom is -0.491 e. The number of aromatic nitrogens is 1. The van der Waals surface area contributed by atoms with Crippen molar-refractivity contribution in [1.82, 2.24) is 9.88 Å². The summed E-state index contributed by atoms with van der Waals surface area (Å²) in [6.45, 7) is 7.79. The molecule has 0 saturated heterocycles. The summed E-state index contributed by atoms with van der Waals surface area (Å²) >= 11 is 5.11. The van der Waals surface area contributed by atoms with Crippen molar-refractivity contribution in [2.24, 2.45) is 5.73 Å². The second-order valence-electron chi connectivity index (χ2n) is 4.76. The summed E-state index contributed by atoms with van der Waals surface area (Å²) in [5, 5.41) is 0.947. The van der Waals surface area contributed by atoms with E-state index in [-0.39, 0.29) is 0 Å². The predicted molar refractivity (Wildman–Crippen MR) is 90.9 cm³/mol. The van der Waals surface area contributed by atoms with E-state index in [1.165, 1.54) is 0 Å². The first kappa shape index (κ1) is 15.7. The van der Waals surface area contributed by atoms with Crippen molar-refractivity contribution < 1.29 is 4.74 Å². The van der Waals surface area contributed by atoms with Crippen LogP contribution in [-0.4, -0.2) is 41.1 Å². The minimum absolute atomic E-state index is 0.311.